The largest absolute Gasteiger partial charge is 0.477 e. The summed E-state index contributed by atoms with van der Waals surface area (Å²) in [4.78, 5) is 23.8. The van der Waals surface area contributed by atoms with E-state index in [0.717, 1.165) is 0 Å². The maximum absolute atomic E-state index is 13.9. The number of carbonyl (C=O) groups is 1. The van der Waals surface area contributed by atoms with Crippen molar-refractivity contribution in [2.45, 2.75) is 6.54 Å². The summed E-state index contributed by atoms with van der Waals surface area (Å²) in [5, 5.41) is 9.99. The van der Waals surface area contributed by atoms with Gasteiger partial charge in [-0.1, -0.05) is 17.7 Å². The van der Waals surface area contributed by atoms with Gasteiger partial charge in [-0.05, 0) is 29.8 Å². The molecule has 1 N–H and O–H groups in total. The fourth-order valence-corrected chi connectivity index (χ4v) is 3.00. The number of benzene rings is 1. The summed E-state index contributed by atoms with van der Waals surface area (Å²) in [6, 6.07) is 7.62. The summed E-state index contributed by atoms with van der Waals surface area (Å²) in [6.45, 7) is 0.344. The number of aromatic carboxylic acids is 1. The van der Waals surface area contributed by atoms with Crippen molar-refractivity contribution < 1.29 is 14.3 Å². The zero-order chi connectivity index (χ0) is 19.0. The first-order valence-corrected chi connectivity index (χ1v) is 8.34. The van der Waals surface area contributed by atoms with Crippen LogP contribution >= 0.6 is 11.6 Å². The molecule has 3 heterocycles. The molecule has 0 fully saturated rings. The van der Waals surface area contributed by atoms with E-state index in [0.29, 0.717) is 34.4 Å². The zero-order valence-electron chi connectivity index (χ0n) is 13.8. The van der Waals surface area contributed by atoms with E-state index in [2.05, 4.69) is 15.0 Å². The van der Waals surface area contributed by atoms with Gasteiger partial charge in [-0.25, -0.2) is 14.2 Å². The fourth-order valence-electron chi connectivity index (χ4n) is 2.88. The van der Waals surface area contributed by atoms with E-state index in [-0.39, 0.29) is 10.7 Å². The molecular weight excluding hydrogens is 371 g/mol. The molecule has 0 amide bonds. The van der Waals surface area contributed by atoms with Crippen molar-refractivity contribution in [2.24, 2.45) is 0 Å². The number of aromatic nitrogens is 4. The Kier molecular flexibility index (Phi) is 4.29. The molecule has 0 spiro atoms. The molecule has 8 heteroatoms. The van der Waals surface area contributed by atoms with Gasteiger partial charge in [0.25, 0.3) is 0 Å². The quantitative estimate of drug-likeness (QED) is 0.576. The normalized spacial score (nSPS) is 11.0. The average Bonchev–Trinajstić information content (AvgIpc) is 3.02. The summed E-state index contributed by atoms with van der Waals surface area (Å²) in [7, 11) is 0. The van der Waals surface area contributed by atoms with Crippen molar-refractivity contribution in [2.75, 3.05) is 0 Å². The number of fused-ring (bicyclic) bond motifs is 1. The highest BCUT2D eigenvalue weighted by Crippen LogP contribution is 2.32. The number of halogens is 2. The highest BCUT2D eigenvalue weighted by molar-refractivity contribution is 6.30. The van der Waals surface area contributed by atoms with Crippen molar-refractivity contribution in [3.8, 4) is 11.1 Å². The number of rotatable bonds is 4. The Labute approximate surface area is 157 Å². The monoisotopic (exact) mass is 382 g/mol. The second-order valence-corrected chi connectivity index (χ2v) is 6.28. The van der Waals surface area contributed by atoms with Gasteiger partial charge in [0.15, 0.2) is 5.69 Å². The van der Waals surface area contributed by atoms with Gasteiger partial charge in [-0.15, -0.1) is 0 Å². The molecule has 27 heavy (non-hydrogen) atoms. The molecule has 0 saturated carbocycles. The standard InChI is InChI=1S/C19H12ClFN4O2/c20-15-3-1-11(7-16(15)21)14-10-25(9-12-8-22-5-6-23-12)18-13(14)2-4-17(24-18)19(26)27/h1-8,10H,9H2,(H,26,27). The van der Waals surface area contributed by atoms with E-state index >= 15 is 0 Å². The van der Waals surface area contributed by atoms with Gasteiger partial charge >= 0.3 is 5.97 Å². The van der Waals surface area contributed by atoms with Gasteiger partial charge in [0, 0.05) is 29.5 Å². The minimum Gasteiger partial charge on any atom is -0.477 e. The molecule has 3 aromatic heterocycles. The van der Waals surface area contributed by atoms with Gasteiger partial charge in [0.2, 0.25) is 0 Å². The van der Waals surface area contributed by atoms with Gasteiger partial charge < -0.3 is 9.67 Å². The van der Waals surface area contributed by atoms with Gasteiger partial charge in [0.1, 0.15) is 11.5 Å². The number of carboxylic acids is 1. The maximum Gasteiger partial charge on any atom is 0.354 e. The Balaban J connectivity index is 1.91. The molecule has 0 unspecified atom stereocenters. The second-order valence-electron chi connectivity index (χ2n) is 5.87. The topological polar surface area (TPSA) is 80.9 Å². The molecule has 6 nitrogen and oxygen atoms in total. The summed E-state index contributed by atoms with van der Waals surface area (Å²) in [6.07, 6.45) is 6.56. The highest BCUT2D eigenvalue weighted by Gasteiger charge is 2.16. The predicted octanol–water partition coefficient (Wildman–Crippen LogP) is 4.03. The molecular formula is C19H12ClFN4O2. The van der Waals surface area contributed by atoms with Crippen LogP contribution in [0, 0.1) is 5.82 Å². The van der Waals surface area contributed by atoms with Gasteiger partial charge in [-0.3, -0.25) is 9.97 Å². The van der Waals surface area contributed by atoms with E-state index in [1.807, 2.05) is 0 Å². The van der Waals surface area contributed by atoms with E-state index in [1.165, 1.54) is 18.2 Å². The van der Waals surface area contributed by atoms with E-state index in [4.69, 9.17) is 11.6 Å². The van der Waals surface area contributed by atoms with Crippen LogP contribution < -0.4 is 0 Å². The Hall–Kier alpha value is -3.32. The molecule has 0 atom stereocenters. The minimum atomic E-state index is -1.12. The Bertz CT molecular complexity index is 1160. The van der Waals surface area contributed by atoms with Crippen molar-refractivity contribution in [1.82, 2.24) is 19.5 Å². The lowest BCUT2D eigenvalue weighted by Crippen LogP contribution is -2.05. The summed E-state index contributed by atoms with van der Waals surface area (Å²) >= 11 is 5.78. The maximum atomic E-state index is 13.9. The highest BCUT2D eigenvalue weighted by atomic mass is 35.5. The van der Waals surface area contributed by atoms with E-state index in [1.54, 1.807) is 41.5 Å². The van der Waals surface area contributed by atoms with Crippen molar-refractivity contribution >= 4 is 28.6 Å². The van der Waals surface area contributed by atoms with Crippen molar-refractivity contribution in [3.63, 3.8) is 0 Å². The first-order valence-electron chi connectivity index (χ1n) is 7.96. The first kappa shape index (κ1) is 17.1. The first-order chi connectivity index (χ1) is 13.0. The fraction of sp³-hybridized carbons (Fsp3) is 0.0526. The summed E-state index contributed by atoms with van der Waals surface area (Å²) in [5.41, 5.74) is 2.41. The Morgan fingerprint density at radius 3 is 2.78 bits per heavy atom. The number of hydrogen-bond donors (Lipinski definition) is 1. The lowest BCUT2D eigenvalue weighted by molar-refractivity contribution is 0.0691. The lowest BCUT2D eigenvalue weighted by Gasteiger charge is -2.04. The molecule has 0 aliphatic heterocycles. The summed E-state index contributed by atoms with van der Waals surface area (Å²) in [5.74, 6) is -1.65. The SMILES string of the molecule is O=C(O)c1ccc2c(-c3ccc(Cl)c(F)c3)cn(Cc3cnccn3)c2n1. The third kappa shape index (κ3) is 3.24. The van der Waals surface area contributed by atoms with Gasteiger partial charge in [0.05, 0.1) is 23.5 Å². The van der Waals surface area contributed by atoms with Crippen LogP contribution in [0.15, 0.2) is 55.1 Å². The Morgan fingerprint density at radius 2 is 2.07 bits per heavy atom. The number of nitrogens with zero attached hydrogens (tertiary/aromatic N) is 4. The number of hydrogen-bond acceptors (Lipinski definition) is 4. The molecule has 4 rings (SSSR count). The average molecular weight is 383 g/mol. The van der Waals surface area contributed by atoms with Crippen LogP contribution in [0.5, 0.6) is 0 Å². The predicted molar refractivity (Wildman–Crippen MR) is 98.2 cm³/mol. The van der Waals surface area contributed by atoms with Gasteiger partial charge in [-0.2, -0.15) is 0 Å². The molecule has 0 saturated heterocycles. The minimum absolute atomic E-state index is 0.0355. The van der Waals surface area contributed by atoms with Crippen LogP contribution in [0.25, 0.3) is 22.2 Å². The third-order valence-electron chi connectivity index (χ3n) is 4.12. The van der Waals surface area contributed by atoms with Crippen LogP contribution in [0.3, 0.4) is 0 Å². The number of carboxylic acid groups (broad SMARTS) is 1. The van der Waals surface area contributed by atoms with Crippen LogP contribution in [-0.2, 0) is 6.54 Å². The van der Waals surface area contributed by atoms with E-state index in [9.17, 15) is 14.3 Å². The third-order valence-corrected chi connectivity index (χ3v) is 4.43. The van der Waals surface area contributed by atoms with E-state index < -0.39 is 11.8 Å². The molecule has 0 bridgehead atoms. The zero-order valence-corrected chi connectivity index (χ0v) is 14.6. The van der Waals surface area contributed by atoms with Crippen LogP contribution in [0.2, 0.25) is 5.02 Å². The molecule has 0 radical (unpaired) electrons. The second kappa shape index (κ2) is 6.77. The van der Waals surface area contributed by atoms with Crippen LogP contribution in [0.4, 0.5) is 4.39 Å². The molecule has 0 aliphatic carbocycles. The van der Waals surface area contributed by atoms with Crippen molar-refractivity contribution in [3.05, 3.63) is 77.3 Å². The molecule has 1 aromatic carbocycles. The summed E-state index contributed by atoms with van der Waals surface area (Å²) < 4.78 is 15.7. The van der Waals surface area contributed by atoms with Crippen molar-refractivity contribution in [1.29, 1.82) is 0 Å². The molecule has 134 valence electrons. The smallest absolute Gasteiger partial charge is 0.354 e. The molecule has 4 aromatic rings. The lowest BCUT2D eigenvalue weighted by atomic mass is 10.1. The molecule has 0 aliphatic rings. The number of pyridine rings is 1. The Morgan fingerprint density at radius 1 is 1.22 bits per heavy atom. The van der Waals surface area contributed by atoms with Crippen LogP contribution in [-0.4, -0.2) is 30.6 Å². The van der Waals surface area contributed by atoms with Crippen LogP contribution in [0.1, 0.15) is 16.2 Å².